The summed E-state index contributed by atoms with van der Waals surface area (Å²) in [7, 11) is 0. The molecule has 0 spiro atoms. The van der Waals surface area contributed by atoms with Crippen molar-refractivity contribution in [3.8, 4) is 73.2 Å². The van der Waals surface area contributed by atoms with Gasteiger partial charge >= 0.3 is 0 Å². The van der Waals surface area contributed by atoms with Crippen molar-refractivity contribution < 1.29 is 6.85 Å². The van der Waals surface area contributed by atoms with Gasteiger partial charge in [-0.1, -0.05) is 178 Å². The molecule has 12 aromatic rings. The third kappa shape index (κ3) is 6.00. The number of hydrogen-bond donors (Lipinski definition) is 0. The van der Waals surface area contributed by atoms with E-state index >= 15 is 0 Å². The van der Waals surface area contributed by atoms with E-state index in [0.717, 1.165) is 92.2 Å². The topological polar surface area (TPSA) is 43.6 Å². The molecule has 5 heteroatoms. The van der Waals surface area contributed by atoms with E-state index in [2.05, 4.69) is 182 Å². The maximum atomic E-state index is 9.11. The quantitative estimate of drug-likeness (QED) is 0.167. The third-order valence-electron chi connectivity index (χ3n) is 13.1. The number of aromatic nitrogens is 4. The van der Waals surface area contributed by atoms with E-state index in [0.29, 0.717) is 11.6 Å². The van der Waals surface area contributed by atoms with E-state index in [4.69, 9.17) is 21.8 Å². The van der Waals surface area contributed by atoms with Crippen LogP contribution < -0.4 is 0 Å². The number of thiophene rings is 1. The molecule has 1 aliphatic carbocycles. The molecule has 3 heterocycles. The molecule has 3 aromatic heterocycles. The standard InChI is InChI=1S/C60H40N4S/c1-60(2)51-25-12-9-22-44(51)48-33-42(29-31-52(48)60)58-61-57(38-18-7-4-8-19-38)62-59(63-58)50-36-43(64-53-26-13-10-23-45(53)46-24-11-14-27-54(46)64)35-49-47-30-28-41(34-55(47)65-56(49)50)40-21-15-20-39(32-40)37-16-5-3-6-17-37/h3-36H,1-2H3/i4D,7D,8D,18D,19D. The second-order valence-electron chi connectivity index (χ2n) is 17.2. The summed E-state index contributed by atoms with van der Waals surface area (Å²) in [4.78, 5) is 15.5. The predicted octanol–water partition coefficient (Wildman–Crippen LogP) is 16.0. The Bertz CT molecular complexity index is 4090. The van der Waals surface area contributed by atoms with E-state index in [1.165, 1.54) is 11.1 Å². The van der Waals surface area contributed by atoms with Crippen molar-refractivity contribution in [3.05, 3.63) is 217 Å². The summed E-state index contributed by atoms with van der Waals surface area (Å²) in [5.74, 6) is 0.646. The zero-order valence-corrected chi connectivity index (χ0v) is 36.3. The summed E-state index contributed by atoms with van der Waals surface area (Å²) in [6.45, 7) is 4.47. The van der Waals surface area contributed by atoms with Crippen molar-refractivity contribution in [2.45, 2.75) is 19.3 Å². The molecule has 0 unspecified atom stereocenters. The predicted molar refractivity (Wildman–Crippen MR) is 272 cm³/mol. The SMILES string of the molecule is [2H]c1c([2H])c([2H])c(-c2nc(-c3ccc4c(c3)-c3ccccc3C4(C)C)nc(-c3cc(-n4c5ccccc5c5ccccc54)cc4c3sc3cc(-c5cccc(-c6ccccc6)c5)ccc34)n2)c([2H])c1[2H]. The minimum absolute atomic E-state index is 0.00431. The van der Waals surface area contributed by atoms with Crippen LogP contribution in [0.4, 0.5) is 0 Å². The van der Waals surface area contributed by atoms with E-state index in [-0.39, 0.29) is 28.9 Å². The molecule has 0 amide bonds. The van der Waals surface area contributed by atoms with E-state index in [9.17, 15) is 0 Å². The molecule has 4 nitrogen and oxygen atoms in total. The molecule has 0 N–H and O–H groups in total. The van der Waals surface area contributed by atoms with Gasteiger partial charge in [-0.15, -0.1) is 11.3 Å². The largest absolute Gasteiger partial charge is 0.309 e. The highest BCUT2D eigenvalue weighted by Crippen LogP contribution is 2.50. The van der Waals surface area contributed by atoms with Gasteiger partial charge in [0.25, 0.3) is 0 Å². The average Bonchev–Trinajstić information content (AvgIpc) is 4.02. The number of benzene rings is 9. The fraction of sp³-hybridized carbons (Fsp3) is 0.0500. The Balaban J connectivity index is 1.09. The van der Waals surface area contributed by atoms with Gasteiger partial charge in [-0.05, 0) is 87.0 Å². The smallest absolute Gasteiger partial charge is 0.165 e. The highest BCUT2D eigenvalue weighted by Gasteiger charge is 2.35. The normalized spacial score (nSPS) is 14.0. The Labute approximate surface area is 387 Å². The van der Waals surface area contributed by atoms with Crippen molar-refractivity contribution in [2.24, 2.45) is 0 Å². The van der Waals surface area contributed by atoms with Gasteiger partial charge in [-0.25, -0.2) is 15.0 Å². The number of hydrogen-bond acceptors (Lipinski definition) is 4. The van der Waals surface area contributed by atoms with Gasteiger partial charge in [0.1, 0.15) is 0 Å². The monoisotopic (exact) mass is 853 g/mol. The van der Waals surface area contributed by atoms with Crippen LogP contribution >= 0.6 is 11.3 Å². The number of fused-ring (bicyclic) bond motifs is 9. The lowest BCUT2D eigenvalue weighted by Gasteiger charge is -2.21. The molecule has 9 aromatic carbocycles. The fourth-order valence-electron chi connectivity index (χ4n) is 10.0. The Morgan fingerprint density at radius 2 is 1.05 bits per heavy atom. The molecule has 0 bridgehead atoms. The first-order valence-corrected chi connectivity index (χ1v) is 22.6. The van der Waals surface area contributed by atoms with Gasteiger partial charge in [0.2, 0.25) is 0 Å². The lowest BCUT2D eigenvalue weighted by molar-refractivity contribution is 0.660. The number of rotatable bonds is 6. The molecule has 0 radical (unpaired) electrons. The van der Waals surface area contributed by atoms with Crippen molar-refractivity contribution in [2.75, 3.05) is 0 Å². The van der Waals surface area contributed by atoms with Gasteiger partial charge in [0.05, 0.1) is 17.9 Å². The van der Waals surface area contributed by atoms with E-state index < -0.39 is 18.1 Å². The summed E-state index contributed by atoms with van der Waals surface area (Å²) in [6, 6.07) is 59.5. The molecule has 0 saturated carbocycles. The molecule has 0 saturated heterocycles. The van der Waals surface area contributed by atoms with Crippen LogP contribution in [0.3, 0.4) is 0 Å². The van der Waals surface area contributed by atoms with Crippen LogP contribution in [0.25, 0.3) is 115 Å². The molecule has 306 valence electrons. The maximum absolute atomic E-state index is 9.11. The van der Waals surface area contributed by atoms with Gasteiger partial charge in [-0.3, -0.25) is 0 Å². The van der Waals surface area contributed by atoms with Crippen LogP contribution in [-0.4, -0.2) is 19.5 Å². The number of para-hydroxylation sites is 2. The third-order valence-corrected chi connectivity index (χ3v) is 14.3. The van der Waals surface area contributed by atoms with Crippen LogP contribution in [0.15, 0.2) is 206 Å². The first-order valence-electron chi connectivity index (χ1n) is 24.3. The van der Waals surface area contributed by atoms with Crippen molar-refractivity contribution in [1.29, 1.82) is 0 Å². The summed E-state index contributed by atoms with van der Waals surface area (Å²) in [5, 5.41) is 4.35. The van der Waals surface area contributed by atoms with Crippen LogP contribution in [0.1, 0.15) is 31.8 Å². The van der Waals surface area contributed by atoms with Crippen LogP contribution in [0.5, 0.6) is 0 Å². The molecular formula is C60H40N4S. The molecule has 0 fully saturated rings. The van der Waals surface area contributed by atoms with Gasteiger partial charge in [0.15, 0.2) is 17.5 Å². The Hall–Kier alpha value is -7.99. The molecule has 13 rings (SSSR count). The van der Waals surface area contributed by atoms with Crippen molar-refractivity contribution >= 4 is 53.3 Å². The minimum atomic E-state index is -0.481. The second kappa shape index (κ2) is 14.5. The highest BCUT2D eigenvalue weighted by atomic mass is 32.1. The lowest BCUT2D eigenvalue weighted by atomic mass is 9.82. The molecule has 65 heavy (non-hydrogen) atoms. The molecule has 0 aliphatic heterocycles. The van der Waals surface area contributed by atoms with E-state index in [1.807, 2.05) is 12.1 Å². The summed E-state index contributed by atoms with van der Waals surface area (Å²) < 4.78 is 48.3. The highest BCUT2D eigenvalue weighted by molar-refractivity contribution is 7.26. The van der Waals surface area contributed by atoms with Crippen LogP contribution in [-0.2, 0) is 5.41 Å². The lowest BCUT2D eigenvalue weighted by Crippen LogP contribution is -2.14. The molecule has 1 aliphatic rings. The van der Waals surface area contributed by atoms with Gasteiger partial charge in [-0.2, -0.15) is 0 Å². The Morgan fingerprint density at radius 3 is 1.83 bits per heavy atom. The first-order chi connectivity index (χ1) is 34.0. The second-order valence-corrected chi connectivity index (χ2v) is 18.3. The van der Waals surface area contributed by atoms with Gasteiger partial charge < -0.3 is 4.57 Å². The van der Waals surface area contributed by atoms with Crippen molar-refractivity contribution in [3.63, 3.8) is 0 Å². The Kier molecular flexibility index (Phi) is 7.30. The van der Waals surface area contributed by atoms with Crippen LogP contribution in [0.2, 0.25) is 0 Å². The zero-order valence-electron chi connectivity index (χ0n) is 40.4. The average molecular weight is 854 g/mol. The van der Waals surface area contributed by atoms with Crippen molar-refractivity contribution in [1.82, 2.24) is 19.5 Å². The zero-order chi connectivity index (χ0) is 47.6. The maximum Gasteiger partial charge on any atom is 0.165 e. The molecular weight excluding hydrogens is 809 g/mol. The molecule has 0 atom stereocenters. The summed E-state index contributed by atoms with van der Waals surface area (Å²) in [6.07, 6.45) is 0. The van der Waals surface area contributed by atoms with Gasteiger partial charge in [0, 0.05) is 58.7 Å². The first kappa shape index (κ1) is 32.7. The fourth-order valence-corrected chi connectivity index (χ4v) is 11.2. The van der Waals surface area contributed by atoms with E-state index in [1.54, 1.807) is 11.3 Å². The minimum Gasteiger partial charge on any atom is -0.309 e. The number of nitrogens with zero attached hydrogens (tertiary/aromatic N) is 4. The van der Waals surface area contributed by atoms with Crippen LogP contribution in [0, 0.1) is 0 Å². The Morgan fingerprint density at radius 1 is 0.431 bits per heavy atom. The summed E-state index contributed by atoms with van der Waals surface area (Å²) >= 11 is 1.66. The summed E-state index contributed by atoms with van der Waals surface area (Å²) in [5.41, 5.74) is 13.3.